The summed E-state index contributed by atoms with van der Waals surface area (Å²) in [6.45, 7) is 5.94. The maximum Gasteiger partial charge on any atom is 0.459 e. The first-order valence-corrected chi connectivity index (χ1v) is 14.1. The van der Waals surface area contributed by atoms with Crippen molar-refractivity contribution in [3.05, 3.63) is 87.2 Å². The molecule has 2 aromatic carbocycles. The van der Waals surface area contributed by atoms with Crippen LogP contribution in [0.2, 0.25) is 0 Å². The van der Waals surface area contributed by atoms with E-state index in [0.29, 0.717) is 10.9 Å². The fourth-order valence-electron chi connectivity index (χ4n) is 3.96. The number of esters is 1. The molecule has 0 spiro atoms. The van der Waals surface area contributed by atoms with E-state index in [1.807, 2.05) is 24.3 Å². The number of nitrogens with one attached hydrogen (secondary N) is 2. The second-order valence-electron chi connectivity index (χ2n) is 9.56. The number of hydrogen-bond donors (Lipinski definition) is 2. The van der Waals surface area contributed by atoms with Crippen molar-refractivity contribution in [1.82, 2.24) is 14.6 Å². The Balaban J connectivity index is 1.60. The van der Waals surface area contributed by atoms with Gasteiger partial charge in [0.25, 0.3) is 5.56 Å². The summed E-state index contributed by atoms with van der Waals surface area (Å²) >= 11 is 0. The third-order valence-corrected chi connectivity index (χ3v) is 7.61. The van der Waals surface area contributed by atoms with Gasteiger partial charge in [0, 0.05) is 17.1 Å². The summed E-state index contributed by atoms with van der Waals surface area (Å²) in [6, 6.07) is 11.5. The van der Waals surface area contributed by atoms with E-state index in [1.54, 1.807) is 39.0 Å². The highest BCUT2D eigenvalue weighted by Crippen LogP contribution is 2.48. The van der Waals surface area contributed by atoms with E-state index in [4.69, 9.17) is 24.9 Å². The lowest BCUT2D eigenvalue weighted by atomic mass is 10.1. The number of rotatable bonds is 10. The van der Waals surface area contributed by atoms with Crippen LogP contribution in [0.25, 0.3) is 10.8 Å². The van der Waals surface area contributed by atoms with Crippen molar-refractivity contribution in [2.24, 2.45) is 0 Å². The first-order chi connectivity index (χ1) is 18.9. The number of H-pyrrole nitrogens is 1. The molecule has 1 aliphatic heterocycles. The summed E-state index contributed by atoms with van der Waals surface area (Å²) in [7, 11) is -4.30. The molecular formula is C28H30N3O8P. The number of aromatic nitrogens is 2. The average Bonchev–Trinajstić information content (AvgIpc) is 3.34. The third kappa shape index (κ3) is 6.43. The van der Waals surface area contributed by atoms with E-state index >= 15 is 0 Å². The van der Waals surface area contributed by atoms with Gasteiger partial charge in [-0.15, -0.1) is 6.42 Å². The van der Waals surface area contributed by atoms with Gasteiger partial charge >= 0.3 is 19.4 Å². The van der Waals surface area contributed by atoms with Gasteiger partial charge in [0.1, 0.15) is 18.4 Å². The summed E-state index contributed by atoms with van der Waals surface area (Å²) in [4.78, 5) is 38.9. The Kier molecular flexibility index (Phi) is 8.47. The highest BCUT2D eigenvalue weighted by atomic mass is 31.2. The molecule has 0 saturated carbocycles. The summed E-state index contributed by atoms with van der Waals surface area (Å²) in [6.07, 6.45) is 8.79. The maximum absolute atomic E-state index is 14.1. The molecule has 4 atom stereocenters. The molecule has 0 bridgehead atoms. The molecule has 12 heteroatoms. The molecule has 2 N–H and O–H groups in total. The minimum atomic E-state index is -4.30. The minimum Gasteiger partial charge on any atom is -0.462 e. The maximum atomic E-state index is 14.1. The van der Waals surface area contributed by atoms with Crippen LogP contribution in [0.3, 0.4) is 0 Å². The first-order valence-electron chi connectivity index (χ1n) is 12.5. The lowest BCUT2D eigenvalue weighted by Crippen LogP contribution is -2.39. The number of carbonyl (C=O) groups excluding carboxylic acids is 1. The van der Waals surface area contributed by atoms with Gasteiger partial charge in [0.15, 0.2) is 11.8 Å². The molecule has 0 aliphatic carbocycles. The molecule has 0 radical (unpaired) electrons. The zero-order valence-corrected chi connectivity index (χ0v) is 23.3. The molecule has 0 saturated heterocycles. The van der Waals surface area contributed by atoms with Gasteiger partial charge in [-0.2, -0.15) is 5.09 Å². The number of fused-ring (bicyclic) bond motifs is 1. The minimum absolute atomic E-state index is 0.254. The van der Waals surface area contributed by atoms with Crippen LogP contribution in [0.4, 0.5) is 0 Å². The van der Waals surface area contributed by atoms with Gasteiger partial charge in [0.2, 0.25) is 0 Å². The van der Waals surface area contributed by atoms with Crippen LogP contribution in [-0.4, -0.2) is 39.9 Å². The normalized spacial score (nSPS) is 20.6. The number of benzene rings is 2. The largest absolute Gasteiger partial charge is 0.462 e. The molecule has 40 heavy (non-hydrogen) atoms. The lowest BCUT2D eigenvalue weighted by molar-refractivity contribution is -0.149. The Hall–Kier alpha value is -3.94. The standard InChI is InChI=1S/C28H30N3O8P/c1-6-28(15-14-24(38-28)31-16-19(4)25(32)29-27(31)34)17-36-40(35,30-20(5)26(33)37-18(2)3)39-23-13-9-11-21-10-7-8-12-22(21)23/h1,7-16,18,20,24H,17H2,2-5H3,(H,30,35)(H,29,32,34)/t20-,24+,28-,40+/m0/s1. The molecule has 1 aliphatic rings. The molecule has 1 aromatic heterocycles. The molecule has 210 valence electrons. The fraction of sp³-hybridized carbons (Fsp3) is 0.321. The van der Waals surface area contributed by atoms with Crippen molar-refractivity contribution < 1.29 is 27.9 Å². The SMILES string of the molecule is C#C[C@@]1(CO[P@](=O)(N[C@@H](C)C(=O)OC(C)C)Oc2cccc3ccccc23)C=C[C@H](n2cc(C)c(=O)[nH]c2=O)O1. The highest BCUT2D eigenvalue weighted by Gasteiger charge is 2.41. The lowest BCUT2D eigenvalue weighted by Gasteiger charge is -2.28. The van der Waals surface area contributed by atoms with Crippen LogP contribution >= 0.6 is 7.75 Å². The number of carbonyl (C=O) groups is 1. The van der Waals surface area contributed by atoms with Gasteiger partial charge in [-0.05, 0) is 51.3 Å². The molecule has 0 amide bonds. The molecular weight excluding hydrogens is 537 g/mol. The summed E-state index contributed by atoms with van der Waals surface area (Å²) in [5.41, 5.74) is -2.46. The first kappa shape index (κ1) is 29.1. The highest BCUT2D eigenvalue weighted by molar-refractivity contribution is 7.52. The van der Waals surface area contributed by atoms with Crippen LogP contribution in [0.15, 0.2) is 70.4 Å². The summed E-state index contributed by atoms with van der Waals surface area (Å²) in [5, 5.41) is 4.15. The van der Waals surface area contributed by atoms with Gasteiger partial charge in [-0.3, -0.25) is 23.7 Å². The molecule has 3 aromatic rings. The molecule has 11 nitrogen and oxygen atoms in total. The Morgan fingerprint density at radius 2 is 1.95 bits per heavy atom. The van der Waals surface area contributed by atoms with Crippen LogP contribution in [0, 0.1) is 19.3 Å². The van der Waals surface area contributed by atoms with Gasteiger partial charge in [0.05, 0.1) is 6.10 Å². The summed E-state index contributed by atoms with van der Waals surface area (Å²) in [5.74, 6) is 2.07. The van der Waals surface area contributed by atoms with Crippen LogP contribution in [-0.2, 0) is 23.4 Å². The third-order valence-electron chi connectivity index (χ3n) is 6.00. The quantitative estimate of drug-likeness (QED) is 0.163. The van der Waals surface area contributed by atoms with Crippen molar-refractivity contribution in [3.63, 3.8) is 0 Å². The smallest absolute Gasteiger partial charge is 0.459 e. The van der Waals surface area contributed by atoms with E-state index in [0.717, 1.165) is 5.39 Å². The average molecular weight is 568 g/mol. The number of aryl methyl sites for hydroxylation is 1. The van der Waals surface area contributed by atoms with Crippen molar-refractivity contribution in [2.45, 2.75) is 51.7 Å². The fourth-order valence-corrected chi connectivity index (χ4v) is 5.50. The number of nitrogens with zero attached hydrogens (tertiary/aromatic N) is 1. The van der Waals surface area contributed by atoms with Crippen LogP contribution in [0.5, 0.6) is 5.75 Å². The van der Waals surface area contributed by atoms with Crippen molar-refractivity contribution in [1.29, 1.82) is 0 Å². The predicted octanol–water partition coefficient (Wildman–Crippen LogP) is 3.59. The van der Waals surface area contributed by atoms with Crippen LogP contribution in [0.1, 0.15) is 32.6 Å². The molecule has 4 rings (SSSR count). The zero-order valence-electron chi connectivity index (χ0n) is 22.5. The number of aromatic amines is 1. The number of terminal acetylenes is 1. The molecule has 0 unspecified atom stereocenters. The van der Waals surface area contributed by atoms with E-state index in [1.165, 1.54) is 29.8 Å². The Bertz CT molecular complexity index is 1650. The van der Waals surface area contributed by atoms with E-state index in [9.17, 15) is 18.9 Å². The summed E-state index contributed by atoms with van der Waals surface area (Å²) < 4.78 is 38.2. The molecule has 2 heterocycles. The second kappa shape index (κ2) is 11.7. The second-order valence-corrected chi connectivity index (χ2v) is 11.2. The Labute approximate surface area is 230 Å². The molecule has 0 fully saturated rings. The topological polar surface area (TPSA) is 138 Å². The van der Waals surface area contributed by atoms with Crippen molar-refractivity contribution >= 4 is 24.5 Å². The van der Waals surface area contributed by atoms with Gasteiger partial charge in [-0.25, -0.2) is 9.36 Å². The monoisotopic (exact) mass is 567 g/mol. The van der Waals surface area contributed by atoms with Gasteiger partial charge in [-0.1, -0.05) is 42.3 Å². The van der Waals surface area contributed by atoms with Crippen molar-refractivity contribution in [3.8, 4) is 18.1 Å². The van der Waals surface area contributed by atoms with Crippen LogP contribution < -0.4 is 20.9 Å². The van der Waals surface area contributed by atoms with Gasteiger partial charge < -0.3 is 14.0 Å². The van der Waals surface area contributed by atoms with E-state index < -0.39 is 55.5 Å². The van der Waals surface area contributed by atoms with E-state index in [-0.39, 0.29) is 5.75 Å². The number of hydrogen-bond acceptors (Lipinski definition) is 8. The van der Waals surface area contributed by atoms with Crippen molar-refractivity contribution in [2.75, 3.05) is 6.61 Å². The Morgan fingerprint density at radius 1 is 1.23 bits per heavy atom. The number of ether oxygens (including phenoxy) is 2. The van der Waals surface area contributed by atoms with E-state index in [2.05, 4.69) is 16.0 Å². The Morgan fingerprint density at radius 3 is 2.67 bits per heavy atom. The predicted molar refractivity (Wildman–Crippen MR) is 149 cm³/mol. The zero-order chi connectivity index (χ0) is 29.1.